The topological polar surface area (TPSA) is 32.5 Å². The number of nitrogens with two attached hydrogens (primary N) is 1. The van der Waals surface area contributed by atoms with Gasteiger partial charge in [0, 0.05) is 48.0 Å². The van der Waals surface area contributed by atoms with E-state index in [1.54, 1.807) is 0 Å². The highest BCUT2D eigenvalue weighted by molar-refractivity contribution is 6.31. The van der Waals surface area contributed by atoms with Gasteiger partial charge in [-0.15, -0.1) is 0 Å². The number of nitrogen functional groups attached to an aromatic ring is 1. The first kappa shape index (κ1) is 13.7. The zero-order valence-electron chi connectivity index (χ0n) is 11.4. The number of rotatable bonds is 2. The van der Waals surface area contributed by atoms with Gasteiger partial charge in [0.25, 0.3) is 0 Å². The van der Waals surface area contributed by atoms with Crippen molar-refractivity contribution >= 4 is 17.3 Å². The van der Waals surface area contributed by atoms with Crippen molar-refractivity contribution in [1.29, 1.82) is 0 Å². The second kappa shape index (κ2) is 5.47. The number of anilines is 1. The minimum Gasteiger partial charge on any atom is -0.398 e. The molecule has 1 aromatic rings. The Balaban J connectivity index is 2.10. The number of hydrogen-bond acceptors (Lipinski definition) is 3. The van der Waals surface area contributed by atoms with Crippen molar-refractivity contribution < 1.29 is 0 Å². The highest BCUT2D eigenvalue weighted by Gasteiger charge is 2.26. The zero-order chi connectivity index (χ0) is 13.3. The van der Waals surface area contributed by atoms with Crippen molar-refractivity contribution in [2.24, 2.45) is 0 Å². The molecule has 1 aliphatic heterocycles. The van der Waals surface area contributed by atoms with Gasteiger partial charge in [-0.1, -0.05) is 17.7 Å². The lowest BCUT2D eigenvalue weighted by Crippen LogP contribution is -2.54. The third-order valence-electron chi connectivity index (χ3n) is 3.97. The molecule has 0 aromatic heterocycles. The van der Waals surface area contributed by atoms with Crippen molar-refractivity contribution in [1.82, 2.24) is 9.80 Å². The molecule has 0 amide bonds. The fourth-order valence-electron chi connectivity index (χ4n) is 2.61. The van der Waals surface area contributed by atoms with Crippen LogP contribution in [0.15, 0.2) is 18.2 Å². The number of nitrogens with zero attached hydrogens (tertiary/aromatic N) is 2. The van der Waals surface area contributed by atoms with Gasteiger partial charge in [-0.05, 0) is 33.0 Å². The quantitative estimate of drug-likeness (QED) is 0.836. The predicted molar refractivity (Wildman–Crippen MR) is 77.8 cm³/mol. The van der Waals surface area contributed by atoms with Gasteiger partial charge >= 0.3 is 0 Å². The Hall–Kier alpha value is -0.770. The van der Waals surface area contributed by atoms with Gasteiger partial charge in [0.2, 0.25) is 0 Å². The van der Waals surface area contributed by atoms with Crippen molar-refractivity contribution in [3.8, 4) is 0 Å². The molecule has 2 unspecified atom stereocenters. The maximum Gasteiger partial charge on any atom is 0.0471 e. The second-order valence-electron chi connectivity index (χ2n) is 5.37. The summed E-state index contributed by atoms with van der Waals surface area (Å²) in [5.41, 5.74) is 7.87. The van der Waals surface area contributed by atoms with E-state index < -0.39 is 0 Å². The highest BCUT2D eigenvalue weighted by atomic mass is 35.5. The fourth-order valence-corrected chi connectivity index (χ4v) is 2.85. The van der Waals surface area contributed by atoms with Gasteiger partial charge in [0.15, 0.2) is 0 Å². The van der Waals surface area contributed by atoms with Crippen LogP contribution in [0.2, 0.25) is 5.02 Å². The Labute approximate surface area is 115 Å². The SMILES string of the molecule is CC1CN(Cc2c(N)cccc2Cl)CC(C)N1C. The van der Waals surface area contributed by atoms with Crippen LogP contribution in [0.1, 0.15) is 19.4 Å². The van der Waals surface area contributed by atoms with Gasteiger partial charge in [0.05, 0.1) is 0 Å². The van der Waals surface area contributed by atoms with E-state index in [1.807, 2.05) is 18.2 Å². The molecule has 1 heterocycles. The van der Waals surface area contributed by atoms with E-state index in [-0.39, 0.29) is 0 Å². The summed E-state index contributed by atoms with van der Waals surface area (Å²) in [6.07, 6.45) is 0. The minimum absolute atomic E-state index is 0.567. The second-order valence-corrected chi connectivity index (χ2v) is 5.77. The molecule has 18 heavy (non-hydrogen) atoms. The Morgan fingerprint density at radius 1 is 1.28 bits per heavy atom. The molecule has 2 rings (SSSR count). The maximum atomic E-state index is 6.23. The van der Waals surface area contributed by atoms with E-state index in [2.05, 4.69) is 30.7 Å². The normalized spacial score (nSPS) is 26.4. The summed E-state index contributed by atoms with van der Waals surface area (Å²) in [6.45, 7) is 7.49. The van der Waals surface area contributed by atoms with Crippen LogP contribution in [0, 0.1) is 0 Å². The fraction of sp³-hybridized carbons (Fsp3) is 0.571. The third kappa shape index (κ3) is 2.79. The first-order valence-corrected chi connectivity index (χ1v) is 6.84. The lowest BCUT2D eigenvalue weighted by atomic mass is 10.1. The van der Waals surface area contributed by atoms with E-state index in [0.717, 1.165) is 35.9 Å². The maximum absolute atomic E-state index is 6.23. The van der Waals surface area contributed by atoms with Crippen LogP contribution in [0.5, 0.6) is 0 Å². The van der Waals surface area contributed by atoms with Crippen LogP contribution < -0.4 is 5.73 Å². The average Bonchev–Trinajstić information content (AvgIpc) is 2.31. The van der Waals surface area contributed by atoms with E-state index in [4.69, 9.17) is 17.3 Å². The first-order chi connectivity index (χ1) is 8.49. The Kier molecular flexibility index (Phi) is 4.15. The Morgan fingerprint density at radius 2 is 1.89 bits per heavy atom. The molecule has 100 valence electrons. The van der Waals surface area contributed by atoms with Crippen LogP contribution >= 0.6 is 11.6 Å². The molecule has 2 atom stereocenters. The van der Waals surface area contributed by atoms with Gasteiger partial charge < -0.3 is 5.73 Å². The molecule has 0 radical (unpaired) electrons. The molecular formula is C14H22ClN3. The molecule has 1 saturated heterocycles. The molecule has 1 fully saturated rings. The van der Waals surface area contributed by atoms with Gasteiger partial charge in [-0.25, -0.2) is 0 Å². The molecular weight excluding hydrogens is 246 g/mol. The third-order valence-corrected chi connectivity index (χ3v) is 4.33. The smallest absolute Gasteiger partial charge is 0.0471 e. The molecule has 4 heteroatoms. The predicted octanol–water partition coefficient (Wildman–Crippen LogP) is 2.45. The monoisotopic (exact) mass is 267 g/mol. The van der Waals surface area contributed by atoms with Crippen LogP contribution in [0.4, 0.5) is 5.69 Å². The van der Waals surface area contributed by atoms with Gasteiger partial charge in [-0.2, -0.15) is 0 Å². The lowest BCUT2D eigenvalue weighted by Gasteiger charge is -2.42. The number of piperazine rings is 1. The van der Waals surface area contributed by atoms with Crippen LogP contribution in [-0.4, -0.2) is 42.0 Å². The molecule has 0 spiro atoms. The highest BCUT2D eigenvalue weighted by Crippen LogP contribution is 2.25. The number of benzene rings is 1. The van der Waals surface area contributed by atoms with E-state index in [9.17, 15) is 0 Å². The van der Waals surface area contributed by atoms with E-state index in [1.165, 1.54) is 0 Å². The van der Waals surface area contributed by atoms with E-state index in [0.29, 0.717) is 12.1 Å². The summed E-state index contributed by atoms with van der Waals surface area (Å²) in [6, 6.07) is 6.87. The molecule has 0 bridgehead atoms. The molecule has 0 aliphatic carbocycles. The molecule has 0 saturated carbocycles. The van der Waals surface area contributed by atoms with Crippen LogP contribution in [0.3, 0.4) is 0 Å². The molecule has 3 nitrogen and oxygen atoms in total. The van der Waals surface area contributed by atoms with Gasteiger partial charge in [-0.3, -0.25) is 9.80 Å². The summed E-state index contributed by atoms with van der Waals surface area (Å²) < 4.78 is 0. The molecule has 1 aromatic carbocycles. The summed E-state index contributed by atoms with van der Waals surface area (Å²) in [4.78, 5) is 4.86. The number of hydrogen-bond donors (Lipinski definition) is 1. The standard InChI is InChI=1S/C14H22ClN3/c1-10-7-18(8-11(2)17(10)3)9-12-13(15)5-4-6-14(12)16/h4-6,10-11H,7-9,16H2,1-3H3. The summed E-state index contributed by atoms with van der Waals surface area (Å²) in [7, 11) is 2.19. The van der Waals surface area contributed by atoms with Crippen LogP contribution in [-0.2, 0) is 6.54 Å². The van der Waals surface area contributed by atoms with Crippen LogP contribution in [0.25, 0.3) is 0 Å². The first-order valence-electron chi connectivity index (χ1n) is 6.46. The van der Waals surface area contributed by atoms with Crippen molar-refractivity contribution in [2.45, 2.75) is 32.5 Å². The molecule has 1 aliphatic rings. The summed E-state index contributed by atoms with van der Waals surface area (Å²) in [5.74, 6) is 0. The summed E-state index contributed by atoms with van der Waals surface area (Å²) >= 11 is 6.23. The number of likely N-dealkylation sites (N-methyl/N-ethyl adjacent to an activating group) is 1. The van der Waals surface area contributed by atoms with E-state index >= 15 is 0 Å². The Bertz CT molecular complexity index is 389. The van der Waals surface area contributed by atoms with Gasteiger partial charge in [0.1, 0.15) is 0 Å². The molecule has 2 N–H and O–H groups in total. The van der Waals surface area contributed by atoms with Crippen molar-refractivity contribution in [2.75, 3.05) is 25.9 Å². The number of halogens is 1. The average molecular weight is 268 g/mol. The lowest BCUT2D eigenvalue weighted by molar-refractivity contribution is 0.0557. The van der Waals surface area contributed by atoms with Crippen molar-refractivity contribution in [3.63, 3.8) is 0 Å². The largest absolute Gasteiger partial charge is 0.398 e. The summed E-state index contributed by atoms with van der Waals surface area (Å²) in [5, 5.41) is 0.772. The van der Waals surface area contributed by atoms with Crippen molar-refractivity contribution in [3.05, 3.63) is 28.8 Å². The zero-order valence-corrected chi connectivity index (χ0v) is 12.1. The Morgan fingerprint density at radius 3 is 2.44 bits per heavy atom. The minimum atomic E-state index is 0.567.